The Kier molecular flexibility index (Phi) is 4.39. The standard InChI is InChI=1S/C24H31N5O2/c25-10-18-11-28(12-18)23(31)19-13-29-20(2-1-3-21(29)27-19)22(30)26-14-24-7-15-4-16(8-24)6-17(5-15)9-24/h1-3,13,15-18H,4-12,14,25H2,(H,26,30). The number of likely N-dealkylation sites (tertiary alicyclic amines) is 1. The third kappa shape index (κ3) is 3.25. The number of pyridine rings is 1. The molecule has 4 bridgehead atoms. The number of nitrogens with two attached hydrogens (primary N) is 1. The van der Waals surface area contributed by atoms with Crippen molar-refractivity contribution in [1.29, 1.82) is 0 Å². The molecule has 2 amide bonds. The Labute approximate surface area is 182 Å². The highest BCUT2D eigenvalue weighted by Crippen LogP contribution is 2.59. The normalized spacial score (nSPS) is 31.8. The van der Waals surface area contributed by atoms with E-state index in [1.807, 2.05) is 18.2 Å². The highest BCUT2D eigenvalue weighted by atomic mass is 16.2. The fraction of sp³-hybridized carbons (Fsp3) is 0.625. The maximum Gasteiger partial charge on any atom is 0.274 e. The first-order chi connectivity index (χ1) is 15.0. The maximum absolute atomic E-state index is 13.1. The summed E-state index contributed by atoms with van der Waals surface area (Å²) in [6.45, 7) is 2.73. The van der Waals surface area contributed by atoms with Gasteiger partial charge in [0.1, 0.15) is 17.0 Å². The summed E-state index contributed by atoms with van der Waals surface area (Å²) in [7, 11) is 0. The SMILES string of the molecule is NCC1CN(C(=O)c2cn3c(C(=O)NCC45CC6CC(CC(C6)C4)C5)cccc3n2)C1. The van der Waals surface area contributed by atoms with Gasteiger partial charge in [-0.2, -0.15) is 0 Å². The maximum atomic E-state index is 13.1. The molecular formula is C24H31N5O2. The molecule has 7 nitrogen and oxygen atoms in total. The molecule has 4 aliphatic carbocycles. The Hall–Kier alpha value is -2.41. The molecule has 3 heterocycles. The third-order valence-corrected chi connectivity index (χ3v) is 8.31. The number of carbonyl (C=O) groups excluding carboxylic acids is 2. The number of fused-ring (bicyclic) bond motifs is 1. The minimum Gasteiger partial charge on any atom is -0.350 e. The van der Waals surface area contributed by atoms with Crippen LogP contribution < -0.4 is 11.1 Å². The molecule has 5 fully saturated rings. The number of hydrogen-bond donors (Lipinski definition) is 2. The zero-order chi connectivity index (χ0) is 21.2. The van der Waals surface area contributed by atoms with Gasteiger partial charge in [-0.05, 0) is 80.4 Å². The quantitative estimate of drug-likeness (QED) is 0.775. The van der Waals surface area contributed by atoms with Crippen LogP contribution in [0.4, 0.5) is 0 Å². The molecule has 7 rings (SSSR count). The van der Waals surface area contributed by atoms with E-state index >= 15 is 0 Å². The lowest BCUT2D eigenvalue weighted by Gasteiger charge is -2.56. The van der Waals surface area contributed by atoms with Gasteiger partial charge < -0.3 is 16.0 Å². The van der Waals surface area contributed by atoms with E-state index in [2.05, 4.69) is 10.3 Å². The molecule has 164 valence electrons. The number of hydrogen-bond acceptors (Lipinski definition) is 4. The Morgan fingerprint density at radius 3 is 2.42 bits per heavy atom. The average Bonchev–Trinajstić information content (AvgIpc) is 3.14. The van der Waals surface area contributed by atoms with Crippen LogP contribution in [-0.2, 0) is 0 Å². The number of rotatable bonds is 5. The van der Waals surface area contributed by atoms with Gasteiger partial charge >= 0.3 is 0 Å². The first kappa shape index (κ1) is 19.3. The van der Waals surface area contributed by atoms with E-state index < -0.39 is 0 Å². The van der Waals surface area contributed by atoms with Crippen LogP contribution in [0, 0.1) is 29.1 Å². The molecule has 31 heavy (non-hydrogen) atoms. The van der Waals surface area contributed by atoms with E-state index in [0.717, 1.165) is 24.3 Å². The van der Waals surface area contributed by atoms with E-state index in [9.17, 15) is 9.59 Å². The Morgan fingerprint density at radius 2 is 1.77 bits per heavy atom. The van der Waals surface area contributed by atoms with Crippen LogP contribution in [-0.4, -0.2) is 52.3 Å². The predicted molar refractivity (Wildman–Crippen MR) is 117 cm³/mol. The number of aromatic nitrogens is 2. The largest absolute Gasteiger partial charge is 0.350 e. The lowest BCUT2D eigenvalue weighted by molar-refractivity contribution is -0.0503. The zero-order valence-corrected chi connectivity index (χ0v) is 17.9. The first-order valence-corrected chi connectivity index (χ1v) is 11.8. The minimum absolute atomic E-state index is 0.0788. The second-order valence-corrected chi connectivity index (χ2v) is 10.7. The molecule has 4 saturated carbocycles. The van der Waals surface area contributed by atoms with Gasteiger partial charge in [0.15, 0.2) is 0 Å². The van der Waals surface area contributed by atoms with E-state index in [-0.39, 0.29) is 11.8 Å². The summed E-state index contributed by atoms with van der Waals surface area (Å²) >= 11 is 0. The first-order valence-electron chi connectivity index (χ1n) is 11.8. The summed E-state index contributed by atoms with van der Waals surface area (Å²) in [5.74, 6) is 2.82. The second-order valence-electron chi connectivity index (χ2n) is 10.7. The summed E-state index contributed by atoms with van der Waals surface area (Å²) in [6.07, 6.45) is 9.73. The summed E-state index contributed by atoms with van der Waals surface area (Å²) in [4.78, 5) is 32.1. The minimum atomic E-state index is -0.0895. The van der Waals surface area contributed by atoms with Gasteiger partial charge in [0, 0.05) is 31.7 Å². The van der Waals surface area contributed by atoms with E-state index in [0.29, 0.717) is 48.0 Å². The number of amides is 2. The van der Waals surface area contributed by atoms with E-state index in [4.69, 9.17) is 5.73 Å². The fourth-order valence-corrected chi connectivity index (χ4v) is 7.21. The Morgan fingerprint density at radius 1 is 1.10 bits per heavy atom. The molecule has 3 N–H and O–H groups in total. The van der Waals surface area contributed by atoms with Crippen molar-refractivity contribution in [2.45, 2.75) is 38.5 Å². The number of nitrogens with zero attached hydrogens (tertiary/aromatic N) is 3. The van der Waals surface area contributed by atoms with E-state index in [1.54, 1.807) is 15.5 Å². The molecule has 5 aliphatic rings. The smallest absolute Gasteiger partial charge is 0.274 e. The Balaban J connectivity index is 1.18. The summed E-state index contributed by atoms with van der Waals surface area (Å²) < 4.78 is 1.75. The van der Waals surface area contributed by atoms with Crippen molar-refractivity contribution < 1.29 is 9.59 Å². The van der Waals surface area contributed by atoms with Crippen molar-refractivity contribution in [3.8, 4) is 0 Å². The molecule has 0 aromatic carbocycles. The fourth-order valence-electron chi connectivity index (χ4n) is 7.21. The van der Waals surface area contributed by atoms with Crippen molar-refractivity contribution in [3.63, 3.8) is 0 Å². The van der Waals surface area contributed by atoms with Gasteiger partial charge in [-0.1, -0.05) is 6.07 Å². The molecule has 1 aliphatic heterocycles. The summed E-state index contributed by atoms with van der Waals surface area (Å²) in [5, 5.41) is 3.25. The molecule has 0 spiro atoms. The lowest BCUT2D eigenvalue weighted by atomic mass is 9.49. The highest BCUT2D eigenvalue weighted by Gasteiger charge is 2.50. The lowest BCUT2D eigenvalue weighted by Crippen LogP contribution is -2.52. The Bertz CT molecular complexity index is 1000. The van der Waals surface area contributed by atoms with Crippen LogP contribution in [0.3, 0.4) is 0 Å². The van der Waals surface area contributed by atoms with Crippen LogP contribution >= 0.6 is 0 Å². The van der Waals surface area contributed by atoms with Gasteiger partial charge in [0.2, 0.25) is 0 Å². The third-order valence-electron chi connectivity index (χ3n) is 8.31. The monoisotopic (exact) mass is 421 g/mol. The van der Waals surface area contributed by atoms with Crippen LogP contribution in [0.15, 0.2) is 24.4 Å². The number of carbonyl (C=O) groups is 2. The van der Waals surface area contributed by atoms with E-state index in [1.165, 1.54) is 38.5 Å². The van der Waals surface area contributed by atoms with Crippen molar-refractivity contribution in [3.05, 3.63) is 35.8 Å². The second kappa shape index (κ2) is 7.05. The van der Waals surface area contributed by atoms with Gasteiger partial charge in [0.25, 0.3) is 11.8 Å². The van der Waals surface area contributed by atoms with Crippen molar-refractivity contribution in [1.82, 2.24) is 19.6 Å². The predicted octanol–water partition coefficient (Wildman–Crippen LogP) is 2.31. The molecule has 0 atom stereocenters. The van der Waals surface area contributed by atoms with Gasteiger partial charge in [-0.15, -0.1) is 0 Å². The molecule has 1 saturated heterocycles. The van der Waals surface area contributed by atoms with Gasteiger partial charge in [0.05, 0.1) is 0 Å². The highest BCUT2D eigenvalue weighted by molar-refractivity contribution is 5.96. The zero-order valence-electron chi connectivity index (χ0n) is 17.9. The summed E-state index contributed by atoms with van der Waals surface area (Å²) in [5.41, 5.74) is 7.52. The summed E-state index contributed by atoms with van der Waals surface area (Å²) in [6, 6.07) is 5.49. The molecule has 7 heteroatoms. The number of nitrogens with one attached hydrogen (secondary N) is 1. The number of imidazole rings is 1. The van der Waals surface area contributed by atoms with Crippen molar-refractivity contribution in [2.24, 2.45) is 34.8 Å². The van der Waals surface area contributed by atoms with Crippen molar-refractivity contribution in [2.75, 3.05) is 26.2 Å². The van der Waals surface area contributed by atoms with Gasteiger partial charge in [-0.3, -0.25) is 14.0 Å². The van der Waals surface area contributed by atoms with Crippen LogP contribution in [0.2, 0.25) is 0 Å². The van der Waals surface area contributed by atoms with Crippen LogP contribution in [0.5, 0.6) is 0 Å². The van der Waals surface area contributed by atoms with Gasteiger partial charge in [-0.25, -0.2) is 4.98 Å². The molecule has 0 radical (unpaired) electrons. The van der Waals surface area contributed by atoms with Crippen LogP contribution in [0.1, 0.15) is 59.5 Å². The van der Waals surface area contributed by atoms with Crippen molar-refractivity contribution >= 4 is 17.5 Å². The topological polar surface area (TPSA) is 92.7 Å². The average molecular weight is 422 g/mol. The van der Waals surface area contributed by atoms with Crippen LogP contribution in [0.25, 0.3) is 5.65 Å². The molecule has 0 unspecified atom stereocenters. The molecule has 2 aromatic heterocycles. The molecular weight excluding hydrogens is 390 g/mol. The molecule has 2 aromatic rings.